The van der Waals surface area contributed by atoms with Gasteiger partial charge in [-0.05, 0) is 20.8 Å². The summed E-state index contributed by atoms with van der Waals surface area (Å²) in [7, 11) is 0. The number of likely N-dealkylation sites (tertiary alicyclic amines) is 2. The molecule has 0 bridgehead atoms. The number of Topliss-reactive ketones (excluding diaryl/α,β-unsaturated/α-hetero) is 1. The van der Waals surface area contributed by atoms with Gasteiger partial charge in [-0.15, -0.1) is 0 Å². The highest BCUT2D eigenvalue weighted by Crippen LogP contribution is 2.21. The quantitative estimate of drug-likeness (QED) is 0.707. The van der Waals surface area contributed by atoms with Crippen molar-refractivity contribution in [3.05, 3.63) is 0 Å². The van der Waals surface area contributed by atoms with Crippen molar-refractivity contribution in [3.63, 3.8) is 0 Å². The molecule has 0 atom stereocenters. The molecule has 0 radical (unpaired) electrons. The van der Waals surface area contributed by atoms with Crippen molar-refractivity contribution in [1.82, 2.24) is 9.80 Å². The Morgan fingerprint density at radius 2 is 1.78 bits per heavy atom. The zero-order valence-electron chi connectivity index (χ0n) is 11.4. The highest BCUT2D eigenvalue weighted by molar-refractivity contribution is 5.79. The Bertz CT molecular complexity index is 333. The minimum absolute atomic E-state index is 0.230. The minimum Gasteiger partial charge on any atom is -0.444 e. The lowest BCUT2D eigenvalue weighted by Crippen LogP contribution is -2.62. The van der Waals surface area contributed by atoms with Gasteiger partial charge in [-0.25, -0.2) is 4.79 Å². The van der Waals surface area contributed by atoms with E-state index in [0.717, 1.165) is 26.2 Å². The van der Waals surface area contributed by atoms with Crippen LogP contribution in [0.4, 0.5) is 4.79 Å². The molecule has 5 nitrogen and oxygen atoms in total. The molecular formula is C13H22N2O3. The van der Waals surface area contributed by atoms with E-state index in [1.807, 2.05) is 20.8 Å². The van der Waals surface area contributed by atoms with Gasteiger partial charge in [0.15, 0.2) is 0 Å². The van der Waals surface area contributed by atoms with Crippen LogP contribution in [0.5, 0.6) is 0 Å². The third-order valence-corrected chi connectivity index (χ3v) is 3.39. The summed E-state index contributed by atoms with van der Waals surface area (Å²) in [4.78, 5) is 26.9. The molecule has 0 spiro atoms. The molecule has 2 fully saturated rings. The van der Waals surface area contributed by atoms with Crippen molar-refractivity contribution in [1.29, 1.82) is 0 Å². The van der Waals surface area contributed by atoms with Gasteiger partial charge in [-0.3, -0.25) is 9.69 Å². The van der Waals surface area contributed by atoms with Crippen molar-refractivity contribution in [2.45, 2.75) is 45.3 Å². The van der Waals surface area contributed by atoms with Crippen molar-refractivity contribution in [3.8, 4) is 0 Å². The third kappa shape index (κ3) is 3.22. The Morgan fingerprint density at radius 1 is 1.22 bits per heavy atom. The second-order valence-electron chi connectivity index (χ2n) is 6.11. The molecule has 1 amide bonds. The summed E-state index contributed by atoms with van der Waals surface area (Å²) in [5, 5.41) is 0. The summed E-state index contributed by atoms with van der Waals surface area (Å²) in [6.45, 7) is 8.75. The van der Waals surface area contributed by atoms with Crippen LogP contribution in [-0.2, 0) is 9.53 Å². The minimum atomic E-state index is -0.431. The number of hydrogen-bond acceptors (Lipinski definition) is 4. The summed E-state index contributed by atoms with van der Waals surface area (Å²) >= 11 is 0. The first-order valence-corrected chi connectivity index (χ1v) is 6.59. The molecule has 0 N–H and O–H groups in total. The van der Waals surface area contributed by atoms with Crippen LogP contribution in [0.2, 0.25) is 0 Å². The standard InChI is InChI=1S/C13H22N2O3/c1-13(2,3)18-12(17)15-8-10(9-15)14-6-4-11(16)5-7-14/h10H,4-9H2,1-3H3. The average Bonchev–Trinajstić information content (AvgIpc) is 2.15. The largest absolute Gasteiger partial charge is 0.444 e. The van der Waals surface area contributed by atoms with E-state index in [4.69, 9.17) is 4.74 Å². The molecule has 0 aromatic rings. The molecule has 2 aliphatic rings. The van der Waals surface area contributed by atoms with E-state index < -0.39 is 5.60 Å². The number of carbonyl (C=O) groups is 2. The maximum absolute atomic E-state index is 11.8. The maximum Gasteiger partial charge on any atom is 0.410 e. The summed E-state index contributed by atoms with van der Waals surface area (Å²) in [5.74, 6) is 0.356. The van der Waals surface area contributed by atoms with Crippen LogP contribution in [0.15, 0.2) is 0 Å². The number of rotatable bonds is 1. The predicted molar refractivity (Wildman–Crippen MR) is 67.4 cm³/mol. The number of amides is 1. The number of hydrogen-bond donors (Lipinski definition) is 0. The van der Waals surface area contributed by atoms with E-state index in [1.165, 1.54) is 0 Å². The van der Waals surface area contributed by atoms with Crippen molar-refractivity contribution in [2.75, 3.05) is 26.2 Å². The van der Waals surface area contributed by atoms with E-state index in [-0.39, 0.29) is 6.09 Å². The Kier molecular flexibility index (Phi) is 3.61. The smallest absolute Gasteiger partial charge is 0.410 e. The topological polar surface area (TPSA) is 49.9 Å². The van der Waals surface area contributed by atoms with Gasteiger partial charge in [-0.1, -0.05) is 0 Å². The van der Waals surface area contributed by atoms with Gasteiger partial charge in [0.1, 0.15) is 11.4 Å². The first-order chi connectivity index (χ1) is 8.35. The normalized spacial score (nSPS) is 22.8. The molecule has 2 aliphatic heterocycles. The molecule has 2 heterocycles. The first-order valence-electron chi connectivity index (χ1n) is 6.59. The fourth-order valence-corrected chi connectivity index (χ4v) is 2.30. The second-order valence-corrected chi connectivity index (χ2v) is 6.11. The van der Waals surface area contributed by atoms with E-state index >= 15 is 0 Å². The lowest BCUT2D eigenvalue weighted by atomic mass is 10.0. The number of ether oxygens (including phenoxy) is 1. The average molecular weight is 254 g/mol. The van der Waals surface area contributed by atoms with E-state index in [1.54, 1.807) is 4.90 Å². The molecule has 2 rings (SSSR count). The van der Waals surface area contributed by atoms with Gasteiger partial charge in [0.05, 0.1) is 0 Å². The summed E-state index contributed by atoms with van der Waals surface area (Å²) in [6, 6.07) is 0.408. The SMILES string of the molecule is CC(C)(C)OC(=O)N1CC(N2CCC(=O)CC2)C1. The van der Waals surface area contributed by atoms with Crippen LogP contribution in [0.1, 0.15) is 33.6 Å². The predicted octanol–water partition coefficient (Wildman–Crippen LogP) is 1.27. The lowest BCUT2D eigenvalue weighted by Gasteiger charge is -2.46. The number of carbonyl (C=O) groups excluding carboxylic acids is 2. The van der Waals surface area contributed by atoms with Crippen LogP contribution < -0.4 is 0 Å². The molecule has 18 heavy (non-hydrogen) atoms. The molecule has 2 saturated heterocycles. The molecule has 0 aromatic heterocycles. The number of nitrogens with zero attached hydrogens (tertiary/aromatic N) is 2. The van der Waals surface area contributed by atoms with Gasteiger partial charge in [0, 0.05) is 45.1 Å². The highest BCUT2D eigenvalue weighted by atomic mass is 16.6. The van der Waals surface area contributed by atoms with Gasteiger partial charge >= 0.3 is 6.09 Å². The Hall–Kier alpha value is -1.10. The van der Waals surface area contributed by atoms with E-state index in [9.17, 15) is 9.59 Å². The van der Waals surface area contributed by atoms with Crippen LogP contribution in [-0.4, -0.2) is 59.5 Å². The summed E-state index contributed by atoms with van der Waals surface area (Å²) < 4.78 is 5.31. The van der Waals surface area contributed by atoms with Gasteiger partial charge in [0.25, 0.3) is 0 Å². The Balaban J connectivity index is 1.73. The van der Waals surface area contributed by atoms with Gasteiger partial charge in [-0.2, -0.15) is 0 Å². The fraction of sp³-hybridized carbons (Fsp3) is 0.846. The van der Waals surface area contributed by atoms with Gasteiger partial charge in [0.2, 0.25) is 0 Å². The van der Waals surface area contributed by atoms with Crippen molar-refractivity contribution >= 4 is 11.9 Å². The molecule has 5 heteroatoms. The lowest BCUT2D eigenvalue weighted by molar-refractivity contribution is -0.122. The van der Waals surface area contributed by atoms with Crippen molar-refractivity contribution in [2.24, 2.45) is 0 Å². The van der Waals surface area contributed by atoms with Crippen molar-refractivity contribution < 1.29 is 14.3 Å². The first kappa shape index (κ1) is 13.3. The molecule has 0 unspecified atom stereocenters. The molecule has 102 valence electrons. The van der Waals surface area contributed by atoms with Crippen LogP contribution >= 0.6 is 0 Å². The van der Waals surface area contributed by atoms with Crippen LogP contribution in [0.25, 0.3) is 0 Å². The summed E-state index contributed by atoms with van der Waals surface area (Å²) in [6.07, 6.45) is 1.08. The van der Waals surface area contributed by atoms with E-state index in [2.05, 4.69) is 4.90 Å². The molecule has 0 aromatic carbocycles. The fourth-order valence-electron chi connectivity index (χ4n) is 2.30. The van der Waals surface area contributed by atoms with Crippen LogP contribution in [0.3, 0.4) is 0 Å². The zero-order valence-corrected chi connectivity index (χ0v) is 11.4. The van der Waals surface area contributed by atoms with Gasteiger partial charge < -0.3 is 9.64 Å². The highest BCUT2D eigenvalue weighted by Gasteiger charge is 2.37. The molecular weight excluding hydrogens is 232 g/mol. The molecule has 0 saturated carbocycles. The van der Waals surface area contributed by atoms with E-state index in [0.29, 0.717) is 24.7 Å². The Morgan fingerprint density at radius 3 is 2.28 bits per heavy atom. The third-order valence-electron chi connectivity index (χ3n) is 3.39. The number of piperidine rings is 1. The Labute approximate surface area is 108 Å². The number of ketones is 1. The summed E-state index contributed by atoms with van der Waals surface area (Å²) in [5.41, 5.74) is -0.431. The zero-order chi connectivity index (χ0) is 13.3. The maximum atomic E-state index is 11.8. The van der Waals surface area contributed by atoms with Crippen LogP contribution in [0, 0.1) is 0 Å². The monoisotopic (exact) mass is 254 g/mol. The molecule has 0 aliphatic carbocycles. The second kappa shape index (κ2) is 4.88.